The van der Waals surface area contributed by atoms with Crippen LogP contribution in [0.2, 0.25) is 0 Å². The number of rotatable bonds is 4. The normalized spacial score (nSPS) is 52.8. The van der Waals surface area contributed by atoms with Crippen molar-refractivity contribution in [3.05, 3.63) is 0 Å². The van der Waals surface area contributed by atoms with Crippen molar-refractivity contribution in [3.8, 4) is 0 Å². The molecule has 4 fully saturated rings. The summed E-state index contributed by atoms with van der Waals surface area (Å²) in [5.41, 5.74) is 0. The average Bonchev–Trinajstić information content (AvgIpc) is 3.24. The fraction of sp³-hybridized carbons (Fsp3) is 0.944. The molecule has 0 aromatic rings. The molecule has 0 aliphatic heterocycles. The monoisotopic (exact) mass is 308 g/mol. The van der Waals surface area contributed by atoms with E-state index in [0.29, 0.717) is 5.92 Å². The molecule has 10 atom stereocenters. The van der Waals surface area contributed by atoms with Gasteiger partial charge in [0, 0.05) is 0 Å². The van der Waals surface area contributed by atoms with E-state index < -0.39 is 6.10 Å². The van der Waals surface area contributed by atoms with Crippen molar-refractivity contribution in [1.82, 2.24) is 0 Å². The van der Waals surface area contributed by atoms with Crippen molar-refractivity contribution < 1.29 is 19.7 Å². The Bertz CT molecular complexity index is 464. The first-order valence-electron chi connectivity index (χ1n) is 8.98. The van der Waals surface area contributed by atoms with E-state index in [9.17, 15) is 9.90 Å². The minimum absolute atomic E-state index is 0.0407. The molecule has 0 spiro atoms. The van der Waals surface area contributed by atoms with Gasteiger partial charge in [-0.15, -0.1) is 0 Å². The Kier molecular flexibility index (Phi) is 3.53. The van der Waals surface area contributed by atoms with Crippen molar-refractivity contribution in [1.29, 1.82) is 0 Å². The van der Waals surface area contributed by atoms with Gasteiger partial charge in [0.2, 0.25) is 0 Å². The third-order valence-electron chi connectivity index (χ3n) is 7.78. The number of fused-ring (bicyclic) bond motifs is 9. The Morgan fingerprint density at radius 2 is 1.77 bits per heavy atom. The van der Waals surface area contributed by atoms with E-state index in [2.05, 4.69) is 13.8 Å². The molecule has 10 unspecified atom stereocenters. The van der Waals surface area contributed by atoms with Crippen LogP contribution in [0.3, 0.4) is 0 Å². The van der Waals surface area contributed by atoms with Crippen LogP contribution < -0.4 is 0 Å². The fourth-order valence-electron chi connectivity index (χ4n) is 6.84. The summed E-state index contributed by atoms with van der Waals surface area (Å²) in [6.07, 6.45) is 2.64. The predicted octanol–water partition coefficient (Wildman–Crippen LogP) is 1.69. The smallest absolute Gasteiger partial charge is 0.309 e. The maximum Gasteiger partial charge on any atom is 0.309 e. The maximum atomic E-state index is 12.4. The molecule has 0 radical (unpaired) electrons. The van der Waals surface area contributed by atoms with Gasteiger partial charge in [-0.1, -0.05) is 13.8 Å². The van der Waals surface area contributed by atoms with Crippen LogP contribution in [-0.4, -0.2) is 35.5 Å². The van der Waals surface area contributed by atoms with Gasteiger partial charge < -0.3 is 14.9 Å². The molecule has 4 nitrogen and oxygen atoms in total. The molecule has 0 saturated heterocycles. The van der Waals surface area contributed by atoms with Crippen LogP contribution in [0.5, 0.6) is 0 Å². The molecule has 4 rings (SSSR count). The largest absolute Gasteiger partial charge is 0.463 e. The Morgan fingerprint density at radius 3 is 2.45 bits per heavy atom. The van der Waals surface area contributed by atoms with Gasteiger partial charge in [-0.05, 0) is 66.6 Å². The summed E-state index contributed by atoms with van der Waals surface area (Å²) in [6, 6.07) is 0. The van der Waals surface area contributed by atoms with Gasteiger partial charge >= 0.3 is 5.97 Å². The van der Waals surface area contributed by atoms with Crippen LogP contribution in [0.1, 0.15) is 33.1 Å². The van der Waals surface area contributed by atoms with Crippen LogP contribution >= 0.6 is 0 Å². The number of carbonyl (C=O) groups is 1. The molecule has 0 amide bonds. The van der Waals surface area contributed by atoms with Crippen molar-refractivity contribution >= 4 is 5.97 Å². The minimum Gasteiger partial charge on any atom is -0.463 e. The van der Waals surface area contributed by atoms with E-state index >= 15 is 0 Å². The van der Waals surface area contributed by atoms with Crippen LogP contribution in [0.15, 0.2) is 0 Å². The fourth-order valence-corrected chi connectivity index (χ4v) is 6.84. The SMILES string of the molecule is CC1C(C)C2CC1C1C3CC(C(=O)OCC(O)CO)C(C3)C21. The van der Waals surface area contributed by atoms with E-state index in [1.54, 1.807) is 0 Å². The molecule has 4 aliphatic rings. The van der Waals surface area contributed by atoms with Crippen molar-refractivity contribution in [2.45, 2.75) is 39.2 Å². The maximum absolute atomic E-state index is 12.4. The van der Waals surface area contributed by atoms with Gasteiger partial charge in [0.1, 0.15) is 12.7 Å². The first-order valence-corrected chi connectivity index (χ1v) is 8.98. The number of esters is 1. The Morgan fingerprint density at radius 1 is 1.09 bits per heavy atom. The van der Waals surface area contributed by atoms with Gasteiger partial charge in [-0.3, -0.25) is 4.79 Å². The summed E-state index contributed by atoms with van der Waals surface area (Å²) in [5.74, 6) is 6.13. The van der Waals surface area contributed by atoms with Crippen LogP contribution in [0.4, 0.5) is 0 Å². The third kappa shape index (κ3) is 1.92. The van der Waals surface area contributed by atoms with Crippen LogP contribution in [0.25, 0.3) is 0 Å². The number of hydrogen-bond acceptors (Lipinski definition) is 4. The lowest BCUT2D eigenvalue weighted by atomic mass is 9.62. The van der Waals surface area contributed by atoms with Gasteiger partial charge in [-0.2, -0.15) is 0 Å². The van der Waals surface area contributed by atoms with Crippen molar-refractivity contribution in [2.75, 3.05) is 13.2 Å². The molecule has 0 heterocycles. The lowest BCUT2D eigenvalue weighted by Gasteiger charge is -2.43. The zero-order chi connectivity index (χ0) is 15.6. The van der Waals surface area contributed by atoms with Crippen LogP contribution in [0, 0.1) is 53.3 Å². The molecule has 4 bridgehead atoms. The number of hydrogen-bond donors (Lipinski definition) is 2. The third-order valence-corrected chi connectivity index (χ3v) is 7.78. The molecule has 4 heteroatoms. The number of carbonyl (C=O) groups excluding carboxylic acids is 1. The second kappa shape index (κ2) is 5.20. The van der Waals surface area contributed by atoms with E-state index in [0.717, 1.165) is 47.8 Å². The van der Waals surface area contributed by atoms with Gasteiger partial charge in [0.15, 0.2) is 0 Å². The van der Waals surface area contributed by atoms with Crippen molar-refractivity contribution in [2.24, 2.45) is 53.3 Å². The molecule has 22 heavy (non-hydrogen) atoms. The first kappa shape index (κ1) is 14.9. The second-order valence-electron chi connectivity index (χ2n) is 8.40. The summed E-state index contributed by atoms with van der Waals surface area (Å²) in [4.78, 5) is 12.4. The number of aliphatic hydroxyl groups is 2. The van der Waals surface area contributed by atoms with Gasteiger partial charge in [0.05, 0.1) is 12.5 Å². The lowest BCUT2D eigenvalue weighted by molar-refractivity contribution is -0.156. The summed E-state index contributed by atoms with van der Waals surface area (Å²) < 4.78 is 5.26. The highest BCUT2D eigenvalue weighted by Crippen LogP contribution is 2.71. The lowest BCUT2D eigenvalue weighted by Crippen LogP contribution is -2.41. The molecule has 4 saturated carbocycles. The zero-order valence-corrected chi connectivity index (χ0v) is 13.5. The van der Waals surface area contributed by atoms with E-state index in [4.69, 9.17) is 9.84 Å². The molecule has 0 aromatic heterocycles. The van der Waals surface area contributed by atoms with Gasteiger partial charge in [0.25, 0.3) is 0 Å². The van der Waals surface area contributed by atoms with Crippen molar-refractivity contribution in [3.63, 3.8) is 0 Å². The Labute approximate surface area is 132 Å². The van der Waals surface area contributed by atoms with Crippen LogP contribution in [-0.2, 0) is 9.53 Å². The molecule has 4 aliphatic carbocycles. The summed E-state index contributed by atoms with van der Waals surface area (Å²) in [7, 11) is 0. The summed E-state index contributed by atoms with van der Waals surface area (Å²) in [5, 5.41) is 18.2. The highest BCUT2D eigenvalue weighted by atomic mass is 16.5. The van der Waals surface area contributed by atoms with E-state index in [1.807, 2.05) is 0 Å². The highest BCUT2D eigenvalue weighted by Gasteiger charge is 2.66. The standard InChI is InChI=1S/C18H28O4/c1-8-9(2)13-5-12(8)16-10-3-14(17(13)16)15(4-10)18(21)22-7-11(20)6-19/h8-17,19-20H,3-7H2,1-2H3. The Hall–Kier alpha value is -0.610. The highest BCUT2D eigenvalue weighted by molar-refractivity contribution is 5.73. The molecular formula is C18H28O4. The molecular weight excluding hydrogens is 280 g/mol. The molecule has 0 aromatic carbocycles. The molecule has 124 valence electrons. The first-order chi connectivity index (χ1) is 10.5. The Balaban J connectivity index is 1.45. The number of aliphatic hydroxyl groups excluding tert-OH is 2. The summed E-state index contributed by atoms with van der Waals surface area (Å²) in [6.45, 7) is 4.41. The average molecular weight is 308 g/mol. The number of ether oxygens (including phenoxy) is 1. The van der Waals surface area contributed by atoms with Gasteiger partial charge in [-0.25, -0.2) is 0 Å². The predicted molar refractivity (Wildman–Crippen MR) is 80.7 cm³/mol. The minimum atomic E-state index is -0.946. The summed E-state index contributed by atoms with van der Waals surface area (Å²) >= 11 is 0. The topological polar surface area (TPSA) is 66.8 Å². The van der Waals surface area contributed by atoms with E-state index in [-0.39, 0.29) is 25.1 Å². The quantitative estimate of drug-likeness (QED) is 0.613. The molecule has 2 N–H and O–H groups in total. The van der Waals surface area contributed by atoms with E-state index in [1.165, 1.54) is 12.8 Å². The second-order valence-corrected chi connectivity index (χ2v) is 8.40. The zero-order valence-electron chi connectivity index (χ0n) is 13.5.